The Balaban J connectivity index is 1.91. The van der Waals surface area contributed by atoms with Gasteiger partial charge in [0.2, 0.25) is 0 Å². The summed E-state index contributed by atoms with van der Waals surface area (Å²) in [6.07, 6.45) is 0. The summed E-state index contributed by atoms with van der Waals surface area (Å²) in [5.41, 5.74) is 2.26. The van der Waals surface area contributed by atoms with E-state index in [9.17, 15) is 4.79 Å². The molecule has 0 N–H and O–H groups in total. The van der Waals surface area contributed by atoms with Gasteiger partial charge in [-0.3, -0.25) is 4.79 Å². The molecule has 162 valence electrons. The Hall–Kier alpha value is -1.84. The predicted octanol–water partition coefficient (Wildman–Crippen LogP) is 4.22. The molecule has 0 spiro atoms. The lowest BCUT2D eigenvalue weighted by Gasteiger charge is -2.30. The Morgan fingerprint density at radius 1 is 0.645 bits per heavy atom. The molecule has 1 aliphatic carbocycles. The number of fused-ring (bicyclic) bond motifs is 1. The number of benzene rings is 2. The zero-order valence-corrected chi connectivity index (χ0v) is 22.4. The molecule has 2 aromatic carbocycles. The first kappa shape index (κ1) is 22.4. The van der Waals surface area contributed by atoms with E-state index in [1.54, 1.807) is 0 Å². The van der Waals surface area contributed by atoms with Gasteiger partial charge in [0.15, 0.2) is 5.78 Å². The SMILES string of the molecule is C[Si](C)(C)C1=C2CO[Si](c3ccccc3)(c3ccccc3)OCC2=C([Si](C)(C)C)C1=O. The Bertz CT molecular complexity index is 973. The predicted molar refractivity (Wildman–Crippen MR) is 136 cm³/mol. The molecule has 1 heterocycles. The average molecular weight is 465 g/mol. The first-order chi connectivity index (χ1) is 14.6. The maximum absolute atomic E-state index is 13.6. The quantitative estimate of drug-likeness (QED) is 0.636. The second kappa shape index (κ2) is 7.94. The number of rotatable bonds is 4. The van der Waals surface area contributed by atoms with Crippen molar-refractivity contribution in [1.82, 2.24) is 0 Å². The van der Waals surface area contributed by atoms with Gasteiger partial charge in [0.1, 0.15) is 0 Å². The molecule has 0 atom stereocenters. The van der Waals surface area contributed by atoms with Crippen molar-refractivity contribution in [1.29, 1.82) is 0 Å². The van der Waals surface area contributed by atoms with E-state index in [4.69, 9.17) is 8.85 Å². The van der Waals surface area contributed by atoms with Crippen LogP contribution < -0.4 is 10.4 Å². The molecule has 0 bridgehead atoms. The number of Topliss-reactive ketones (excluding diaryl/α,β-unsaturated/α-hetero) is 1. The topological polar surface area (TPSA) is 35.5 Å². The summed E-state index contributed by atoms with van der Waals surface area (Å²) in [4.78, 5) is 13.6. The third-order valence-corrected chi connectivity index (χ3v) is 13.4. The highest BCUT2D eigenvalue weighted by Crippen LogP contribution is 2.41. The van der Waals surface area contributed by atoms with Gasteiger partial charge in [0, 0.05) is 0 Å². The van der Waals surface area contributed by atoms with E-state index in [0.717, 1.165) is 31.9 Å². The van der Waals surface area contributed by atoms with Crippen LogP contribution in [0.3, 0.4) is 0 Å². The van der Waals surface area contributed by atoms with Gasteiger partial charge in [0.05, 0.1) is 29.4 Å². The number of ketones is 1. The van der Waals surface area contributed by atoms with E-state index in [2.05, 4.69) is 87.8 Å². The molecule has 0 aromatic heterocycles. The first-order valence-corrected chi connectivity index (χ1v) is 19.8. The van der Waals surface area contributed by atoms with Crippen LogP contribution in [0.1, 0.15) is 0 Å². The fourth-order valence-electron chi connectivity index (χ4n) is 4.81. The lowest BCUT2D eigenvalue weighted by atomic mass is 10.1. The highest BCUT2D eigenvalue weighted by atomic mass is 28.4. The monoisotopic (exact) mass is 464 g/mol. The standard InChI is InChI=1S/C25H32O3Si3/c1-29(2,3)24-21-17-27-31(19-13-9-7-10-14-19,20-15-11-8-12-16-20)28-18-22(21)25(23(24)26)30(4,5)6/h7-16H,17-18H2,1-6H3. The molecule has 4 rings (SSSR count). The van der Waals surface area contributed by atoms with Crippen LogP contribution in [0.5, 0.6) is 0 Å². The highest BCUT2D eigenvalue weighted by molar-refractivity contribution is 6.95. The van der Waals surface area contributed by atoms with Crippen molar-refractivity contribution in [2.45, 2.75) is 39.3 Å². The Labute approximate surface area is 189 Å². The van der Waals surface area contributed by atoms with E-state index in [-0.39, 0.29) is 5.78 Å². The van der Waals surface area contributed by atoms with E-state index in [1.807, 2.05) is 12.1 Å². The Kier molecular flexibility index (Phi) is 5.72. The van der Waals surface area contributed by atoms with Crippen molar-refractivity contribution in [3.05, 3.63) is 82.2 Å². The van der Waals surface area contributed by atoms with Gasteiger partial charge in [0.25, 0.3) is 0 Å². The van der Waals surface area contributed by atoms with Crippen molar-refractivity contribution in [3.8, 4) is 0 Å². The van der Waals surface area contributed by atoms with E-state index in [1.165, 1.54) is 0 Å². The van der Waals surface area contributed by atoms with E-state index in [0.29, 0.717) is 13.2 Å². The Morgan fingerprint density at radius 2 is 1.00 bits per heavy atom. The van der Waals surface area contributed by atoms with Crippen LogP contribution in [-0.4, -0.2) is 43.7 Å². The lowest BCUT2D eigenvalue weighted by Crippen LogP contribution is -2.63. The molecular formula is C25H32O3Si3. The maximum Gasteiger partial charge on any atom is 0.407 e. The summed E-state index contributed by atoms with van der Waals surface area (Å²) in [7, 11) is -6.61. The molecular weight excluding hydrogens is 433 g/mol. The zero-order valence-electron chi connectivity index (χ0n) is 19.4. The minimum atomic E-state index is -2.90. The second-order valence-corrected chi connectivity index (χ2v) is 23.4. The number of allylic oxidation sites excluding steroid dienone is 2. The minimum absolute atomic E-state index is 0.282. The van der Waals surface area contributed by atoms with Crippen molar-refractivity contribution < 1.29 is 13.6 Å². The van der Waals surface area contributed by atoms with Crippen LogP contribution in [0, 0.1) is 0 Å². The summed E-state index contributed by atoms with van der Waals surface area (Å²) < 4.78 is 13.6. The molecule has 31 heavy (non-hydrogen) atoms. The van der Waals surface area contributed by atoms with Crippen molar-refractivity contribution in [3.63, 3.8) is 0 Å². The van der Waals surface area contributed by atoms with Gasteiger partial charge in [-0.25, -0.2) is 0 Å². The Morgan fingerprint density at radius 3 is 1.32 bits per heavy atom. The molecule has 0 radical (unpaired) electrons. The number of hydrogen-bond donors (Lipinski definition) is 0. The van der Waals surface area contributed by atoms with Crippen LogP contribution in [-0.2, 0) is 13.6 Å². The fraction of sp³-hybridized carbons (Fsp3) is 0.320. The molecule has 0 amide bonds. The minimum Gasteiger partial charge on any atom is -0.383 e. The molecule has 0 saturated carbocycles. The summed E-state index contributed by atoms with van der Waals surface area (Å²) in [5, 5.41) is 4.32. The molecule has 1 saturated heterocycles. The van der Waals surface area contributed by atoms with E-state index < -0.39 is 24.7 Å². The zero-order chi connectivity index (χ0) is 22.4. The molecule has 6 heteroatoms. The van der Waals surface area contributed by atoms with Gasteiger partial charge in [-0.1, -0.05) is 99.9 Å². The molecule has 1 aliphatic heterocycles. The van der Waals surface area contributed by atoms with Crippen LogP contribution in [0.25, 0.3) is 0 Å². The van der Waals surface area contributed by atoms with Crippen molar-refractivity contribution in [2.24, 2.45) is 0 Å². The third-order valence-electron chi connectivity index (χ3n) is 6.07. The third kappa shape index (κ3) is 3.92. The van der Waals surface area contributed by atoms with Gasteiger partial charge in [-0.05, 0) is 31.9 Å². The largest absolute Gasteiger partial charge is 0.407 e. The van der Waals surface area contributed by atoms with Gasteiger partial charge < -0.3 is 8.85 Å². The average Bonchev–Trinajstić information content (AvgIpc) is 2.89. The number of hydrogen-bond acceptors (Lipinski definition) is 3. The molecule has 0 unspecified atom stereocenters. The van der Waals surface area contributed by atoms with Gasteiger partial charge in [-0.15, -0.1) is 0 Å². The summed E-state index contributed by atoms with van der Waals surface area (Å²) in [5.74, 6) is 0.282. The molecule has 2 aromatic rings. The summed E-state index contributed by atoms with van der Waals surface area (Å²) in [6, 6.07) is 20.7. The van der Waals surface area contributed by atoms with Gasteiger partial charge in [-0.2, -0.15) is 0 Å². The van der Waals surface area contributed by atoms with Gasteiger partial charge >= 0.3 is 8.56 Å². The normalized spacial score (nSPS) is 19.5. The molecule has 2 aliphatic rings. The highest BCUT2D eigenvalue weighted by Gasteiger charge is 2.49. The van der Waals surface area contributed by atoms with Crippen LogP contribution in [0.4, 0.5) is 0 Å². The molecule has 1 fully saturated rings. The van der Waals surface area contributed by atoms with Crippen molar-refractivity contribution in [2.75, 3.05) is 13.2 Å². The van der Waals surface area contributed by atoms with Crippen molar-refractivity contribution >= 4 is 40.9 Å². The second-order valence-electron chi connectivity index (χ2n) is 10.5. The van der Waals surface area contributed by atoms with Crippen LogP contribution in [0.15, 0.2) is 82.2 Å². The summed E-state index contributed by atoms with van der Waals surface area (Å²) in [6.45, 7) is 14.5. The van der Waals surface area contributed by atoms with Crippen LogP contribution >= 0.6 is 0 Å². The number of carbonyl (C=O) groups excluding carboxylic acids is 1. The first-order valence-electron chi connectivity index (χ1n) is 11.0. The maximum atomic E-state index is 13.6. The fourth-order valence-corrected chi connectivity index (χ4v) is 11.8. The van der Waals surface area contributed by atoms with E-state index >= 15 is 0 Å². The molecule has 3 nitrogen and oxygen atoms in total. The van der Waals surface area contributed by atoms with Crippen LogP contribution in [0.2, 0.25) is 39.3 Å². The smallest absolute Gasteiger partial charge is 0.383 e. The summed E-state index contributed by atoms with van der Waals surface area (Å²) >= 11 is 0. The number of carbonyl (C=O) groups is 1. The lowest BCUT2D eigenvalue weighted by molar-refractivity contribution is -0.111.